The smallest absolute Gasteiger partial charge is 0.234 e. The lowest BCUT2D eigenvalue weighted by Crippen LogP contribution is -2.58. The van der Waals surface area contributed by atoms with Gasteiger partial charge >= 0.3 is 0 Å². The standard InChI is InChI=1S/C15H29N3O3/c1-5-7-15(8-6-2,12(16)18-20)13(19)17-14(4)9-10-21-11(14)3/h11,20H,5-10H2,1-4H3,(H2,16,18)(H,17,19). The van der Waals surface area contributed by atoms with Gasteiger partial charge in [0, 0.05) is 6.61 Å². The van der Waals surface area contributed by atoms with Crippen molar-refractivity contribution in [2.45, 2.75) is 71.4 Å². The SMILES string of the molecule is CCCC(CCC)(C(=O)NC1(C)CCOC1C)C(N)=NO. The highest BCUT2D eigenvalue weighted by atomic mass is 16.5. The zero-order valence-electron chi connectivity index (χ0n) is 13.6. The predicted octanol–water partition coefficient (Wildman–Crippen LogP) is 2.00. The van der Waals surface area contributed by atoms with Crippen LogP contribution in [-0.2, 0) is 9.53 Å². The minimum atomic E-state index is -0.941. The van der Waals surface area contributed by atoms with Crippen LogP contribution >= 0.6 is 0 Å². The molecule has 0 aromatic heterocycles. The van der Waals surface area contributed by atoms with Gasteiger partial charge in [0.25, 0.3) is 0 Å². The van der Waals surface area contributed by atoms with Crippen LogP contribution in [0.3, 0.4) is 0 Å². The number of oxime groups is 1. The first-order valence-electron chi connectivity index (χ1n) is 7.78. The molecule has 21 heavy (non-hydrogen) atoms. The summed E-state index contributed by atoms with van der Waals surface area (Å²) in [6.45, 7) is 8.56. The van der Waals surface area contributed by atoms with Gasteiger partial charge in [-0.05, 0) is 33.1 Å². The molecule has 122 valence electrons. The number of carbonyl (C=O) groups excluding carboxylic acids is 1. The van der Waals surface area contributed by atoms with E-state index in [1.165, 1.54) is 0 Å². The van der Waals surface area contributed by atoms with E-state index < -0.39 is 11.0 Å². The monoisotopic (exact) mass is 299 g/mol. The Balaban J connectivity index is 3.04. The number of nitrogens with one attached hydrogen (secondary N) is 1. The topological polar surface area (TPSA) is 96.9 Å². The predicted molar refractivity (Wildman–Crippen MR) is 82.2 cm³/mol. The number of nitrogens with zero attached hydrogens (tertiary/aromatic N) is 1. The van der Waals surface area contributed by atoms with Gasteiger partial charge in [-0.25, -0.2) is 0 Å². The third-order valence-electron chi connectivity index (χ3n) is 4.67. The Morgan fingerprint density at radius 2 is 2.05 bits per heavy atom. The minimum absolute atomic E-state index is 0.00105. The molecule has 2 unspecified atom stereocenters. The molecule has 1 fully saturated rings. The number of hydrogen-bond acceptors (Lipinski definition) is 4. The molecule has 2 atom stereocenters. The fraction of sp³-hybridized carbons (Fsp3) is 0.867. The van der Waals surface area contributed by atoms with Crippen LogP contribution in [-0.4, -0.2) is 35.2 Å². The van der Waals surface area contributed by atoms with Crippen molar-refractivity contribution in [1.29, 1.82) is 0 Å². The maximum Gasteiger partial charge on any atom is 0.234 e. The van der Waals surface area contributed by atoms with Gasteiger partial charge < -0.3 is 21.0 Å². The van der Waals surface area contributed by atoms with E-state index in [-0.39, 0.29) is 17.8 Å². The third-order valence-corrected chi connectivity index (χ3v) is 4.67. The molecule has 6 nitrogen and oxygen atoms in total. The van der Waals surface area contributed by atoms with Crippen molar-refractivity contribution in [2.24, 2.45) is 16.3 Å². The number of ether oxygens (including phenoxy) is 1. The molecule has 0 aromatic carbocycles. The Hall–Kier alpha value is -1.30. The molecule has 1 aliphatic heterocycles. The van der Waals surface area contributed by atoms with Gasteiger partial charge in [0.2, 0.25) is 5.91 Å². The lowest BCUT2D eigenvalue weighted by Gasteiger charge is -2.36. The van der Waals surface area contributed by atoms with Gasteiger partial charge in [-0.15, -0.1) is 0 Å². The number of amides is 1. The molecule has 0 saturated carbocycles. The summed E-state index contributed by atoms with van der Waals surface area (Å²) in [6.07, 6.45) is 3.42. The van der Waals surface area contributed by atoms with E-state index in [0.29, 0.717) is 19.4 Å². The van der Waals surface area contributed by atoms with E-state index in [0.717, 1.165) is 19.3 Å². The third kappa shape index (κ3) is 3.48. The van der Waals surface area contributed by atoms with Gasteiger partial charge in [-0.3, -0.25) is 4.79 Å². The summed E-state index contributed by atoms with van der Waals surface area (Å²) in [5.41, 5.74) is 4.54. The van der Waals surface area contributed by atoms with Crippen molar-refractivity contribution in [3.63, 3.8) is 0 Å². The highest BCUT2D eigenvalue weighted by molar-refractivity contribution is 6.07. The summed E-state index contributed by atoms with van der Waals surface area (Å²) in [5, 5.41) is 15.3. The van der Waals surface area contributed by atoms with Crippen LogP contribution in [0.4, 0.5) is 0 Å². The van der Waals surface area contributed by atoms with Crippen molar-refractivity contribution in [3.05, 3.63) is 0 Å². The van der Waals surface area contributed by atoms with E-state index in [2.05, 4.69) is 10.5 Å². The first-order valence-corrected chi connectivity index (χ1v) is 7.78. The van der Waals surface area contributed by atoms with Crippen LogP contribution in [0, 0.1) is 5.41 Å². The largest absolute Gasteiger partial charge is 0.409 e. The molecule has 1 aliphatic rings. The summed E-state index contributed by atoms with van der Waals surface area (Å²) in [5.74, 6) is -0.166. The van der Waals surface area contributed by atoms with Crippen molar-refractivity contribution >= 4 is 11.7 Å². The lowest BCUT2D eigenvalue weighted by molar-refractivity contribution is -0.131. The fourth-order valence-electron chi connectivity index (χ4n) is 3.05. The molecule has 4 N–H and O–H groups in total. The quantitative estimate of drug-likeness (QED) is 0.290. The van der Waals surface area contributed by atoms with Crippen molar-refractivity contribution in [1.82, 2.24) is 5.32 Å². The van der Waals surface area contributed by atoms with E-state index in [4.69, 9.17) is 15.7 Å². The molecule has 1 saturated heterocycles. The maximum absolute atomic E-state index is 12.9. The highest BCUT2D eigenvalue weighted by Crippen LogP contribution is 2.33. The van der Waals surface area contributed by atoms with E-state index in [1.807, 2.05) is 27.7 Å². The summed E-state index contributed by atoms with van der Waals surface area (Å²) in [6, 6.07) is 0. The molecule has 0 spiro atoms. The second-order valence-corrected chi connectivity index (χ2v) is 6.20. The molecule has 1 amide bonds. The van der Waals surface area contributed by atoms with Gasteiger partial charge in [-0.2, -0.15) is 0 Å². The van der Waals surface area contributed by atoms with Crippen LogP contribution in [0.5, 0.6) is 0 Å². The van der Waals surface area contributed by atoms with Crippen molar-refractivity contribution in [2.75, 3.05) is 6.61 Å². The van der Waals surface area contributed by atoms with Crippen LogP contribution in [0.25, 0.3) is 0 Å². The van der Waals surface area contributed by atoms with Gasteiger partial charge in [0.1, 0.15) is 5.41 Å². The summed E-state index contributed by atoms with van der Waals surface area (Å²) in [7, 11) is 0. The Morgan fingerprint density at radius 1 is 1.48 bits per heavy atom. The zero-order chi connectivity index (χ0) is 16.1. The Labute approximate surface area is 127 Å². The maximum atomic E-state index is 12.9. The second kappa shape index (κ2) is 7.11. The Morgan fingerprint density at radius 3 is 2.43 bits per heavy atom. The molecule has 0 radical (unpaired) electrons. The van der Waals surface area contributed by atoms with E-state index in [9.17, 15) is 4.79 Å². The van der Waals surface area contributed by atoms with Crippen LogP contribution in [0.2, 0.25) is 0 Å². The summed E-state index contributed by atoms with van der Waals surface area (Å²) >= 11 is 0. The second-order valence-electron chi connectivity index (χ2n) is 6.20. The average Bonchev–Trinajstić information content (AvgIpc) is 2.76. The van der Waals surface area contributed by atoms with Gasteiger partial charge in [0.05, 0.1) is 11.6 Å². The number of nitrogens with two attached hydrogens (primary N) is 1. The first-order chi connectivity index (χ1) is 9.86. The minimum Gasteiger partial charge on any atom is -0.409 e. The molecule has 1 heterocycles. The molecule has 0 aromatic rings. The molecule has 0 bridgehead atoms. The molecular weight excluding hydrogens is 270 g/mol. The number of carbonyl (C=O) groups is 1. The van der Waals surface area contributed by atoms with Crippen LogP contribution in [0.1, 0.15) is 59.8 Å². The molecule has 0 aliphatic carbocycles. The average molecular weight is 299 g/mol. The summed E-state index contributed by atoms with van der Waals surface area (Å²) in [4.78, 5) is 12.9. The van der Waals surface area contributed by atoms with Crippen LogP contribution < -0.4 is 11.1 Å². The molecular formula is C15H29N3O3. The number of amidine groups is 1. The molecule has 6 heteroatoms. The molecule has 1 rings (SSSR count). The Kier molecular flexibility index (Phi) is 6.01. The van der Waals surface area contributed by atoms with Gasteiger partial charge in [-0.1, -0.05) is 31.8 Å². The van der Waals surface area contributed by atoms with Crippen LogP contribution in [0.15, 0.2) is 5.16 Å². The lowest BCUT2D eigenvalue weighted by atomic mass is 9.76. The number of rotatable bonds is 7. The number of hydrogen-bond donors (Lipinski definition) is 3. The fourth-order valence-corrected chi connectivity index (χ4v) is 3.05. The summed E-state index contributed by atoms with van der Waals surface area (Å²) < 4.78 is 5.56. The Bertz CT molecular complexity index is 392. The van der Waals surface area contributed by atoms with Crippen molar-refractivity contribution < 1.29 is 14.7 Å². The first kappa shape index (κ1) is 17.8. The van der Waals surface area contributed by atoms with Gasteiger partial charge in [0.15, 0.2) is 5.84 Å². The van der Waals surface area contributed by atoms with E-state index >= 15 is 0 Å². The normalized spacial score (nSPS) is 26.9. The highest BCUT2D eigenvalue weighted by Gasteiger charge is 2.46. The zero-order valence-corrected chi connectivity index (χ0v) is 13.6. The van der Waals surface area contributed by atoms with Crippen molar-refractivity contribution in [3.8, 4) is 0 Å². The van der Waals surface area contributed by atoms with E-state index in [1.54, 1.807) is 0 Å².